The highest BCUT2D eigenvalue weighted by atomic mass is 35.5. The maximum absolute atomic E-state index is 11.9. The van der Waals surface area contributed by atoms with Gasteiger partial charge in [0.1, 0.15) is 6.33 Å². The molecule has 0 radical (unpaired) electrons. The van der Waals surface area contributed by atoms with E-state index in [2.05, 4.69) is 26.1 Å². The fourth-order valence-corrected chi connectivity index (χ4v) is 2.21. The summed E-state index contributed by atoms with van der Waals surface area (Å²) in [4.78, 5) is 30.3. The van der Waals surface area contributed by atoms with Gasteiger partial charge in [-0.25, -0.2) is 9.97 Å². The van der Waals surface area contributed by atoms with Crippen molar-refractivity contribution in [1.29, 1.82) is 0 Å². The van der Waals surface area contributed by atoms with Gasteiger partial charge in [-0.3, -0.25) is 25.8 Å². The number of amides is 1. The third kappa shape index (κ3) is 3.87. The zero-order valence-electron chi connectivity index (χ0n) is 13.0. The van der Waals surface area contributed by atoms with Crippen molar-refractivity contribution in [2.24, 2.45) is 0 Å². The Labute approximate surface area is 151 Å². The Bertz CT molecular complexity index is 947. The van der Waals surface area contributed by atoms with E-state index in [9.17, 15) is 14.9 Å². The summed E-state index contributed by atoms with van der Waals surface area (Å²) < 4.78 is 4.93. The quantitative estimate of drug-likeness (QED) is 0.442. The molecule has 0 unspecified atom stereocenters. The van der Waals surface area contributed by atoms with Crippen LogP contribution in [-0.4, -0.2) is 20.8 Å². The number of nitro groups is 1. The second kappa shape index (κ2) is 7.49. The normalized spacial score (nSPS) is 10.2. The molecule has 26 heavy (non-hydrogen) atoms. The number of hydrogen-bond donors (Lipinski definition) is 3. The van der Waals surface area contributed by atoms with Crippen LogP contribution in [0.15, 0.2) is 53.4 Å². The second-order valence-electron chi connectivity index (χ2n) is 4.87. The SMILES string of the molecule is O=C(NNc1ncnc(Nc2cccc(Cl)c2)c1[N+](=O)[O-])c1ccco1. The summed E-state index contributed by atoms with van der Waals surface area (Å²) in [6.07, 6.45) is 2.44. The number of nitrogens with one attached hydrogen (secondary N) is 3. The van der Waals surface area contributed by atoms with Gasteiger partial charge in [0.2, 0.25) is 11.6 Å². The molecule has 1 amide bonds. The highest BCUT2D eigenvalue weighted by molar-refractivity contribution is 6.30. The Hall–Kier alpha value is -3.66. The van der Waals surface area contributed by atoms with E-state index in [4.69, 9.17) is 16.0 Å². The molecule has 11 heteroatoms. The van der Waals surface area contributed by atoms with Crippen molar-refractivity contribution in [3.05, 3.63) is 69.9 Å². The summed E-state index contributed by atoms with van der Waals surface area (Å²) >= 11 is 5.90. The van der Waals surface area contributed by atoms with E-state index in [1.165, 1.54) is 18.4 Å². The summed E-state index contributed by atoms with van der Waals surface area (Å²) in [5, 5.41) is 14.7. The molecular formula is C15H11ClN6O4. The van der Waals surface area contributed by atoms with Crippen LogP contribution < -0.4 is 16.2 Å². The molecule has 0 atom stereocenters. The van der Waals surface area contributed by atoms with E-state index < -0.39 is 16.5 Å². The van der Waals surface area contributed by atoms with Crippen LogP contribution in [0.25, 0.3) is 0 Å². The van der Waals surface area contributed by atoms with Crippen molar-refractivity contribution in [1.82, 2.24) is 15.4 Å². The van der Waals surface area contributed by atoms with Crippen molar-refractivity contribution in [3.8, 4) is 0 Å². The lowest BCUT2D eigenvalue weighted by molar-refractivity contribution is -0.383. The number of carbonyl (C=O) groups is 1. The number of nitrogens with zero attached hydrogens (tertiary/aromatic N) is 3. The Kier molecular flexibility index (Phi) is 4.94. The standard InChI is InChI=1S/C15H11ClN6O4/c16-9-3-1-4-10(7-9)19-13-12(22(24)25)14(18-8-17-13)20-21-15(23)11-5-2-6-26-11/h1-8H,(H,21,23)(H2,17,18,19,20). The lowest BCUT2D eigenvalue weighted by atomic mass is 10.3. The number of hydrogen-bond acceptors (Lipinski definition) is 8. The molecular weight excluding hydrogens is 364 g/mol. The van der Waals surface area contributed by atoms with Crippen LogP contribution in [0.2, 0.25) is 5.02 Å². The predicted molar refractivity (Wildman–Crippen MR) is 93.2 cm³/mol. The van der Waals surface area contributed by atoms with Gasteiger partial charge in [-0.15, -0.1) is 0 Å². The second-order valence-corrected chi connectivity index (χ2v) is 5.30. The van der Waals surface area contributed by atoms with Crippen LogP contribution in [0.4, 0.5) is 23.0 Å². The Morgan fingerprint density at radius 1 is 1.19 bits per heavy atom. The molecule has 1 aromatic carbocycles. The molecule has 0 spiro atoms. The Balaban J connectivity index is 1.84. The molecule has 132 valence electrons. The average molecular weight is 375 g/mol. The third-order valence-electron chi connectivity index (χ3n) is 3.13. The van der Waals surface area contributed by atoms with Gasteiger partial charge in [-0.1, -0.05) is 17.7 Å². The number of aromatic nitrogens is 2. The van der Waals surface area contributed by atoms with Gasteiger partial charge in [0.15, 0.2) is 5.76 Å². The number of benzene rings is 1. The summed E-state index contributed by atoms with van der Waals surface area (Å²) in [7, 11) is 0. The van der Waals surface area contributed by atoms with E-state index in [0.29, 0.717) is 10.7 Å². The molecule has 10 nitrogen and oxygen atoms in total. The molecule has 3 rings (SSSR count). The predicted octanol–water partition coefficient (Wildman–Crippen LogP) is 3.13. The molecule has 3 aromatic rings. The highest BCUT2D eigenvalue weighted by Crippen LogP contribution is 2.31. The zero-order valence-corrected chi connectivity index (χ0v) is 13.7. The van der Waals surface area contributed by atoms with Crippen LogP contribution in [0, 0.1) is 10.1 Å². The summed E-state index contributed by atoms with van der Waals surface area (Å²) in [5.41, 5.74) is 4.73. The number of anilines is 3. The maximum Gasteiger partial charge on any atom is 0.355 e. The monoisotopic (exact) mass is 374 g/mol. The van der Waals surface area contributed by atoms with Crippen LogP contribution in [0.5, 0.6) is 0 Å². The molecule has 0 saturated carbocycles. The van der Waals surface area contributed by atoms with Gasteiger partial charge >= 0.3 is 11.6 Å². The molecule has 0 bridgehead atoms. The largest absolute Gasteiger partial charge is 0.459 e. The molecule has 0 aliphatic rings. The van der Waals surface area contributed by atoms with Gasteiger partial charge in [-0.2, -0.15) is 0 Å². The van der Waals surface area contributed by atoms with Gasteiger partial charge in [0.25, 0.3) is 0 Å². The molecule has 0 aliphatic heterocycles. The fourth-order valence-electron chi connectivity index (χ4n) is 2.02. The third-order valence-corrected chi connectivity index (χ3v) is 3.37. The smallest absolute Gasteiger partial charge is 0.355 e. The molecule has 0 fully saturated rings. The minimum absolute atomic E-state index is 0.0338. The first kappa shape index (κ1) is 17.2. The van der Waals surface area contributed by atoms with Gasteiger partial charge in [0, 0.05) is 10.7 Å². The highest BCUT2D eigenvalue weighted by Gasteiger charge is 2.24. The van der Waals surface area contributed by atoms with Crippen LogP contribution in [0.3, 0.4) is 0 Å². The van der Waals surface area contributed by atoms with Gasteiger partial charge in [-0.05, 0) is 30.3 Å². The van der Waals surface area contributed by atoms with Crippen LogP contribution in [-0.2, 0) is 0 Å². The van der Waals surface area contributed by atoms with Crippen LogP contribution in [0.1, 0.15) is 10.6 Å². The zero-order chi connectivity index (χ0) is 18.5. The minimum atomic E-state index is -0.672. The van der Waals surface area contributed by atoms with E-state index >= 15 is 0 Å². The molecule has 0 saturated heterocycles. The van der Waals surface area contributed by atoms with Crippen molar-refractivity contribution in [3.63, 3.8) is 0 Å². The number of carbonyl (C=O) groups excluding carboxylic acids is 1. The molecule has 2 aromatic heterocycles. The molecule has 0 aliphatic carbocycles. The minimum Gasteiger partial charge on any atom is -0.459 e. The Morgan fingerprint density at radius 2 is 2.00 bits per heavy atom. The summed E-state index contributed by atoms with van der Waals surface area (Å²) in [5.74, 6) is -0.852. The lowest BCUT2D eigenvalue weighted by Crippen LogP contribution is -2.30. The van der Waals surface area contributed by atoms with Gasteiger partial charge in [0.05, 0.1) is 11.2 Å². The van der Waals surface area contributed by atoms with Crippen molar-refractivity contribution in [2.45, 2.75) is 0 Å². The van der Waals surface area contributed by atoms with Gasteiger partial charge < -0.3 is 9.73 Å². The lowest BCUT2D eigenvalue weighted by Gasteiger charge is -2.10. The Morgan fingerprint density at radius 3 is 2.69 bits per heavy atom. The van der Waals surface area contributed by atoms with Crippen molar-refractivity contribution >= 4 is 40.5 Å². The number of furan rings is 1. The van der Waals surface area contributed by atoms with E-state index in [-0.39, 0.29) is 17.4 Å². The van der Waals surface area contributed by atoms with Crippen LogP contribution >= 0.6 is 11.6 Å². The summed E-state index contributed by atoms with van der Waals surface area (Å²) in [6, 6.07) is 9.58. The van der Waals surface area contributed by atoms with Crippen molar-refractivity contribution < 1.29 is 14.1 Å². The fraction of sp³-hybridized carbons (Fsp3) is 0. The average Bonchev–Trinajstić information content (AvgIpc) is 3.14. The first-order valence-corrected chi connectivity index (χ1v) is 7.54. The first-order valence-electron chi connectivity index (χ1n) is 7.16. The summed E-state index contributed by atoms with van der Waals surface area (Å²) in [6.45, 7) is 0. The first-order chi connectivity index (χ1) is 12.5. The topological polar surface area (TPSA) is 135 Å². The van der Waals surface area contributed by atoms with E-state index in [0.717, 1.165) is 6.33 Å². The van der Waals surface area contributed by atoms with E-state index in [1.807, 2.05) is 0 Å². The van der Waals surface area contributed by atoms with Crippen molar-refractivity contribution in [2.75, 3.05) is 10.7 Å². The van der Waals surface area contributed by atoms with E-state index in [1.54, 1.807) is 24.3 Å². The maximum atomic E-state index is 11.9. The number of halogens is 1. The molecule has 2 heterocycles. The number of rotatable bonds is 6. The number of hydrazine groups is 1. The molecule has 3 N–H and O–H groups in total.